The molecule has 1 aromatic rings. The Labute approximate surface area is 116 Å². The first-order chi connectivity index (χ1) is 8.93. The van der Waals surface area contributed by atoms with E-state index in [1.165, 1.54) is 0 Å². The van der Waals surface area contributed by atoms with Crippen LogP contribution in [0.4, 0.5) is 0 Å². The van der Waals surface area contributed by atoms with E-state index < -0.39 is 0 Å². The maximum absolute atomic E-state index is 5.66. The lowest BCUT2D eigenvalue weighted by atomic mass is 10.1. The summed E-state index contributed by atoms with van der Waals surface area (Å²) in [5, 5.41) is 3.33. The van der Waals surface area contributed by atoms with Crippen molar-refractivity contribution in [3.8, 4) is 5.75 Å². The number of hydrogen-bond acceptors (Lipinski definition) is 4. The van der Waals surface area contributed by atoms with Crippen LogP contribution in [-0.4, -0.2) is 30.3 Å². The van der Waals surface area contributed by atoms with Crippen LogP contribution >= 0.6 is 0 Å². The monoisotopic (exact) mass is 266 g/mol. The van der Waals surface area contributed by atoms with E-state index in [4.69, 9.17) is 9.47 Å². The molecule has 0 unspecified atom stereocenters. The minimum atomic E-state index is -0.144. The molecule has 1 rings (SSSR count). The number of hydrogen-bond donors (Lipinski definition) is 1. The molecule has 0 saturated carbocycles. The highest BCUT2D eigenvalue weighted by atomic mass is 16.5. The zero-order valence-electron chi connectivity index (χ0n) is 12.7. The minimum absolute atomic E-state index is 0.144. The number of nitrogens with one attached hydrogen (secondary N) is 1. The highest BCUT2D eigenvalue weighted by Crippen LogP contribution is 2.15. The van der Waals surface area contributed by atoms with Crippen LogP contribution in [0.2, 0.25) is 0 Å². The summed E-state index contributed by atoms with van der Waals surface area (Å²) < 4.78 is 11.0. The molecule has 0 bridgehead atoms. The van der Waals surface area contributed by atoms with E-state index in [1.807, 2.05) is 12.1 Å². The number of ether oxygens (including phenoxy) is 2. The number of nitrogens with zero attached hydrogens (tertiary/aromatic N) is 1. The third kappa shape index (κ3) is 6.55. The van der Waals surface area contributed by atoms with E-state index in [-0.39, 0.29) is 5.60 Å². The summed E-state index contributed by atoms with van der Waals surface area (Å²) in [5.41, 5.74) is 0.882. The highest BCUT2D eigenvalue weighted by Gasteiger charge is 2.15. The van der Waals surface area contributed by atoms with Gasteiger partial charge in [0.15, 0.2) is 0 Å². The largest absolute Gasteiger partial charge is 0.492 e. The molecule has 1 heterocycles. The Morgan fingerprint density at radius 2 is 2.05 bits per heavy atom. The highest BCUT2D eigenvalue weighted by molar-refractivity contribution is 5.19. The first-order valence-electron chi connectivity index (χ1n) is 6.79. The van der Waals surface area contributed by atoms with Crippen molar-refractivity contribution in [3.05, 3.63) is 24.0 Å². The second-order valence-electron chi connectivity index (χ2n) is 5.58. The predicted molar refractivity (Wildman–Crippen MR) is 77.4 cm³/mol. The van der Waals surface area contributed by atoms with Crippen LogP contribution in [-0.2, 0) is 11.3 Å². The Morgan fingerprint density at radius 3 is 2.58 bits per heavy atom. The fourth-order valence-electron chi connectivity index (χ4n) is 1.43. The standard InChI is InChI=1S/C15H26N2O2/c1-12(2)16-10-13-6-7-14(11-17-13)19-9-8-15(3,4)18-5/h6-7,11-12,16H,8-10H2,1-5H3. The number of aromatic nitrogens is 1. The molecule has 4 nitrogen and oxygen atoms in total. The van der Waals surface area contributed by atoms with Crippen molar-refractivity contribution < 1.29 is 9.47 Å². The van der Waals surface area contributed by atoms with Gasteiger partial charge in [-0.15, -0.1) is 0 Å². The van der Waals surface area contributed by atoms with Gasteiger partial charge in [0.25, 0.3) is 0 Å². The molecule has 0 fully saturated rings. The molecular formula is C15H26N2O2. The normalized spacial score (nSPS) is 11.9. The Bertz CT molecular complexity index is 361. The van der Waals surface area contributed by atoms with Gasteiger partial charge in [-0.25, -0.2) is 0 Å². The summed E-state index contributed by atoms with van der Waals surface area (Å²) in [6.45, 7) is 9.76. The second-order valence-corrected chi connectivity index (χ2v) is 5.58. The quantitative estimate of drug-likeness (QED) is 0.785. The molecule has 1 aromatic heterocycles. The van der Waals surface area contributed by atoms with Crippen LogP contribution in [0.25, 0.3) is 0 Å². The topological polar surface area (TPSA) is 43.4 Å². The predicted octanol–water partition coefficient (Wildman–Crippen LogP) is 2.77. The molecule has 0 aliphatic heterocycles. The van der Waals surface area contributed by atoms with E-state index in [1.54, 1.807) is 13.3 Å². The summed E-state index contributed by atoms with van der Waals surface area (Å²) in [6.07, 6.45) is 2.62. The molecule has 0 amide bonds. The van der Waals surface area contributed by atoms with E-state index >= 15 is 0 Å². The zero-order valence-corrected chi connectivity index (χ0v) is 12.7. The van der Waals surface area contributed by atoms with Crippen LogP contribution < -0.4 is 10.1 Å². The van der Waals surface area contributed by atoms with Gasteiger partial charge < -0.3 is 14.8 Å². The third-order valence-electron chi connectivity index (χ3n) is 3.01. The lowest BCUT2D eigenvalue weighted by Gasteiger charge is -2.22. The molecule has 1 N–H and O–H groups in total. The van der Waals surface area contributed by atoms with Crippen molar-refractivity contribution in [2.45, 2.75) is 52.3 Å². The fourth-order valence-corrected chi connectivity index (χ4v) is 1.43. The molecule has 0 aliphatic carbocycles. The molecule has 0 saturated heterocycles. The SMILES string of the molecule is COC(C)(C)CCOc1ccc(CNC(C)C)nc1. The number of rotatable bonds is 8. The molecule has 0 aromatic carbocycles. The molecule has 0 radical (unpaired) electrons. The smallest absolute Gasteiger partial charge is 0.137 e. The Balaban J connectivity index is 2.36. The average molecular weight is 266 g/mol. The third-order valence-corrected chi connectivity index (χ3v) is 3.01. The van der Waals surface area contributed by atoms with Crippen molar-refractivity contribution in [1.29, 1.82) is 0 Å². The van der Waals surface area contributed by atoms with Gasteiger partial charge in [-0.1, -0.05) is 13.8 Å². The Hall–Kier alpha value is -1.13. The molecule has 0 aliphatic rings. The first-order valence-corrected chi connectivity index (χ1v) is 6.79. The Kier molecular flexibility index (Phi) is 6.25. The minimum Gasteiger partial charge on any atom is -0.492 e. The van der Waals surface area contributed by atoms with Crippen molar-refractivity contribution in [1.82, 2.24) is 10.3 Å². The van der Waals surface area contributed by atoms with E-state index in [0.717, 1.165) is 24.4 Å². The fraction of sp³-hybridized carbons (Fsp3) is 0.667. The van der Waals surface area contributed by atoms with Crippen LogP contribution in [0.1, 0.15) is 39.8 Å². The summed E-state index contributed by atoms with van der Waals surface area (Å²) in [4.78, 5) is 4.37. The maximum Gasteiger partial charge on any atom is 0.137 e. The summed E-state index contributed by atoms with van der Waals surface area (Å²) in [6, 6.07) is 4.42. The van der Waals surface area contributed by atoms with Crippen molar-refractivity contribution in [2.75, 3.05) is 13.7 Å². The average Bonchev–Trinajstić information content (AvgIpc) is 2.37. The maximum atomic E-state index is 5.66. The van der Waals surface area contributed by atoms with Gasteiger partial charge >= 0.3 is 0 Å². The molecular weight excluding hydrogens is 240 g/mol. The van der Waals surface area contributed by atoms with Crippen LogP contribution in [0.15, 0.2) is 18.3 Å². The van der Waals surface area contributed by atoms with Gasteiger partial charge in [0.2, 0.25) is 0 Å². The lowest BCUT2D eigenvalue weighted by Crippen LogP contribution is -2.25. The van der Waals surface area contributed by atoms with E-state index in [2.05, 4.69) is 38.0 Å². The van der Waals surface area contributed by atoms with Gasteiger partial charge in [-0.05, 0) is 26.0 Å². The van der Waals surface area contributed by atoms with Gasteiger partial charge in [-0.2, -0.15) is 0 Å². The van der Waals surface area contributed by atoms with Crippen molar-refractivity contribution >= 4 is 0 Å². The first kappa shape index (κ1) is 15.9. The van der Waals surface area contributed by atoms with Crippen molar-refractivity contribution in [2.24, 2.45) is 0 Å². The van der Waals surface area contributed by atoms with E-state index in [9.17, 15) is 0 Å². The van der Waals surface area contributed by atoms with E-state index in [0.29, 0.717) is 12.6 Å². The molecule has 19 heavy (non-hydrogen) atoms. The van der Waals surface area contributed by atoms with Crippen LogP contribution in [0.3, 0.4) is 0 Å². The summed E-state index contributed by atoms with van der Waals surface area (Å²) >= 11 is 0. The molecule has 0 spiro atoms. The number of methoxy groups -OCH3 is 1. The number of pyridine rings is 1. The Morgan fingerprint density at radius 1 is 1.32 bits per heavy atom. The lowest BCUT2D eigenvalue weighted by molar-refractivity contribution is 0.00542. The van der Waals surface area contributed by atoms with Gasteiger partial charge in [0.1, 0.15) is 5.75 Å². The van der Waals surface area contributed by atoms with Crippen molar-refractivity contribution in [3.63, 3.8) is 0 Å². The molecule has 4 heteroatoms. The van der Waals surface area contributed by atoms with Gasteiger partial charge in [0, 0.05) is 26.1 Å². The van der Waals surface area contributed by atoms with Crippen LogP contribution in [0.5, 0.6) is 5.75 Å². The van der Waals surface area contributed by atoms with Gasteiger partial charge in [-0.3, -0.25) is 4.98 Å². The molecule has 108 valence electrons. The summed E-state index contributed by atoms with van der Waals surface area (Å²) in [5.74, 6) is 0.806. The van der Waals surface area contributed by atoms with Gasteiger partial charge in [0.05, 0.1) is 24.1 Å². The summed E-state index contributed by atoms with van der Waals surface area (Å²) in [7, 11) is 1.72. The zero-order chi connectivity index (χ0) is 14.3. The molecule has 0 atom stereocenters. The second kappa shape index (κ2) is 7.46. The van der Waals surface area contributed by atoms with Crippen LogP contribution in [0, 0.1) is 0 Å².